The second-order valence-electron chi connectivity index (χ2n) is 5.43. The number of imidazole rings is 1. The van der Waals surface area contributed by atoms with Crippen molar-refractivity contribution in [2.24, 2.45) is 0 Å². The molecule has 25 heavy (non-hydrogen) atoms. The molecule has 8 heteroatoms. The van der Waals surface area contributed by atoms with E-state index in [4.69, 9.17) is 5.73 Å². The van der Waals surface area contributed by atoms with E-state index in [1.54, 1.807) is 24.5 Å². The zero-order valence-corrected chi connectivity index (χ0v) is 15.0. The summed E-state index contributed by atoms with van der Waals surface area (Å²) in [6, 6.07) is 5.16. The normalized spacial score (nSPS) is 11.6. The molecule has 0 unspecified atom stereocenters. The summed E-state index contributed by atoms with van der Waals surface area (Å²) < 4.78 is 0.791. The Morgan fingerprint density at radius 1 is 1.48 bits per heavy atom. The largest absolute Gasteiger partial charge is 0.384 e. The molecule has 0 aliphatic carbocycles. The first-order chi connectivity index (χ1) is 12.0. The number of nitrogens with two attached hydrogens (primary N) is 1. The first kappa shape index (κ1) is 16.9. The van der Waals surface area contributed by atoms with Gasteiger partial charge in [-0.25, -0.2) is 15.0 Å². The monoisotopic (exact) mass is 398 g/mol. The van der Waals surface area contributed by atoms with Crippen LogP contribution in [0.2, 0.25) is 0 Å². The van der Waals surface area contributed by atoms with Crippen LogP contribution in [-0.4, -0.2) is 31.9 Å². The first-order valence-electron chi connectivity index (χ1n) is 7.54. The molecule has 0 aromatic carbocycles. The predicted octanol–water partition coefficient (Wildman–Crippen LogP) is 2.26. The Hall–Kier alpha value is -2.92. The van der Waals surface area contributed by atoms with Crippen molar-refractivity contribution < 1.29 is 4.79 Å². The number of nitrogens with zero attached hydrogens (tertiary/aromatic N) is 3. The molecule has 7 nitrogen and oxygen atoms in total. The predicted molar refractivity (Wildman–Crippen MR) is 98.7 cm³/mol. The number of hydrogen-bond acceptors (Lipinski definition) is 5. The van der Waals surface area contributed by atoms with Crippen LogP contribution in [0.15, 0.2) is 35.1 Å². The van der Waals surface area contributed by atoms with E-state index in [1.165, 1.54) is 0 Å². The van der Waals surface area contributed by atoms with Crippen molar-refractivity contribution in [1.82, 2.24) is 25.3 Å². The van der Waals surface area contributed by atoms with Crippen molar-refractivity contribution >= 4 is 38.8 Å². The van der Waals surface area contributed by atoms with E-state index in [0.29, 0.717) is 17.9 Å². The number of halogens is 1. The molecule has 1 amide bonds. The highest BCUT2D eigenvalue weighted by Crippen LogP contribution is 2.16. The van der Waals surface area contributed by atoms with E-state index in [2.05, 4.69) is 53.0 Å². The van der Waals surface area contributed by atoms with Crippen LogP contribution in [0.5, 0.6) is 0 Å². The minimum atomic E-state index is -0.289. The molecule has 0 saturated carbocycles. The van der Waals surface area contributed by atoms with E-state index >= 15 is 0 Å². The summed E-state index contributed by atoms with van der Waals surface area (Å²) in [5.41, 5.74) is 7.58. The van der Waals surface area contributed by atoms with Crippen LogP contribution in [0, 0.1) is 11.8 Å². The number of aromatic nitrogens is 4. The highest BCUT2D eigenvalue weighted by Gasteiger charge is 2.13. The van der Waals surface area contributed by atoms with Crippen molar-refractivity contribution in [1.29, 1.82) is 0 Å². The summed E-state index contributed by atoms with van der Waals surface area (Å²) in [5, 5.41) is 2.86. The van der Waals surface area contributed by atoms with Crippen LogP contribution in [0.4, 0.5) is 5.82 Å². The molecule has 0 fully saturated rings. The Labute approximate surface area is 152 Å². The zero-order chi connectivity index (χ0) is 17.8. The molecule has 0 aliphatic rings. The number of fused-ring (bicyclic) bond motifs is 1. The first-order valence-corrected chi connectivity index (χ1v) is 8.33. The van der Waals surface area contributed by atoms with E-state index in [-0.39, 0.29) is 17.8 Å². The number of H-pyrrole nitrogens is 1. The molecule has 0 spiro atoms. The lowest BCUT2D eigenvalue weighted by molar-refractivity contribution is 0.0931. The topological polar surface area (TPSA) is 110 Å². The molecule has 126 valence electrons. The minimum absolute atomic E-state index is 0.137. The summed E-state index contributed by atoms with van der Waals surface area (Å²) in [5.74, 6) is 6.41. The smallest absolute Gasteiger partial charge is 0.287 e. The second kappa shape index (κ2) is 7.32. The van der Waals surface area contributed by atoms with E-state index in [1.807, 2.05) is 13.0 Å². The Balaban J connectivity index is 1.61. The summed E-state index contributed by atoms with van der Waals surface area (Å²) in [6.07, 6.45) is 3.73. The van der Waals surface area contributed by atoms with Crippen molar-refractivity contribution in [3.05, 3.63) is 46.5 Å². The van der Waals surface area contributed by atoms with E-state index in [9.17, 15) is 4.79 Å². The van der Waals surface area contributed by atoms with Crippen LogP contribution in [0.25, 0.3) is 11.2 Å². The number of hydrogen-bond donors (Lipinski definition) is 3. The average Bonchev–Trinajstić information content (AvgIpc) is 3.01. The van der Waals surface area contributed by atoms with Gasteiger partial charge in [0, 0.05) is 29.3 Å². The van der Waals surface area contributed by atoms with Crippen molar-refractivity contribution in [3.8, 4) is 11.8 Å². The van der Waals surface area contributed by atoms with Crippen LogP contribution < -0.4 is 11.1 Å². The Morgan fingerprint density at radius 3 is 3.08 bits per heavy atom. The van der Waals surface area contributed by atoms with E-state index in [0.717, 1.165) is 15.6 Å². The fourth-order valence-electron chi connectivity index (χ4n) is 2.13. The molecular weight excluding hydrogens is 384 g/mol. The van der Waals surface area contributed by atoms with E-state index < -0.39 is 0 Å². The number of carbonyl (C=O) groups is 1. The van der Waals surface area contributed by atoms with Gasteiger partial charge in [0.1, 0.15) is 5.82 Å². The van der Waals surface area contributed by atoms with Crippen molar-refractivity contribution in [2.75, 3.05) is 5.73 Å². The molecule has 3 heterocycles. The molecule has 3 aromatic rings. The van der Waals surface area contributed by atoms with Crippen LogP contribution in [0.3, 0.4) is 0 Å². The SMILES string of the molecule is C[C@@H](CC#Cc1cnc(N)cc1Br)NC(=O)c1nc2ncccc2[nH]1. The molecule has 3 aromatic heterocycles. The Kier molecular flexibility index (Phi) is 4.95. The quantitative estimate of drug-likeness (QED) is 0.586. The lowest BCUT2D eigenvalue weighted by Gasteiger charge is -2.08. The van der Waals surface area contributed by atoms with Crippen molar-refractivity contribution in [3.63, 3.8) is 0 Å². The molecule has 4 N–H and O–H groups in total. The van der Waals surface area contributed by atoms with Gasteiger partial charge in [-0.2, -0.15) is 0 Å². The molecule has 3 rings (SSSR count). The number of nitrogen functional groups attached to an aromatic ring is 1. The van der Waals surface area contributed by atoms with Gasteiger partial charge in [-0.15, -0.1) is 0 Å². The molecule has 0 aliphatic heterocycles. The molecule has 1 atom stereocenters. The van der Waals surface area contributed by atoms with Crippen LogP contribution >= 0.6 is 15.9 Å². The third kappa shape index (κ3) is 4.14. The fourth-order valence-corrected chi connectivity index (χ4v) is 2.57. The number of anilines is 1. The maximum atomic E-state index is 12.2. The molecular formula is C17H15BrN6O. The Bertz CT molecular complexity index is 954. The Morgan fingerprint density at radius 2 is 2.32 bits per heavy atom. The summed E-state index contributed by atoms with van der Waals surface area (Å²) in [4.78, 5) is 27.5. The summed E-state index contributed by atoms with van der Waals surface area (Å²) in [7, 11) is 0. The maximum Gasteiger partial charge on any atom is 0.287 e. The van der Waals surface area contributed by atoms with Gasteiger partial charge in [-0.05, 0) is 41.1 Å². The lowest BCUT2D eigenvalue weighted by atomic mass is 10.2. The number of rotatable bonds is 3. The van der Waals surface area contributed by atoms with Crippen molar-refractivity contribution in [2.45, 2.75) is 19.4 Å². The van der Waals surface area contributed by atoms with Gasteiger partial charge >= 0.3 is 0 Å². The number of aromatic amines is 1. The molecule has 0 saturated heterocycles. The van der Waals surface area contributed by atoms with Gasteiger partial charge < -0.3 is 16.0 Å². The highest BCUT2D eigenvalue weighted by atomic mass is 79.9. The maximum absolute atomic E-state index is 12.2. The number of nitrogens with one attached hydrogen (secondary N) is 2. The highest BCUT2D eigenvalue weighted by molar-refractivity contribution is 9.10. The van der Waals surface area contributed by atoms with Gasteiger partial charge in [0.25, 0.3) is 5.91 Å². The average molecular weight is 399 g/mol. The van der Waals surface area contributed by atoms with Crippen LogP contribution in [-0.2, 0) is 0 Å². The molecule has 0 bridgehead atoms. The summed E-state index contributed by atoms with van der Waals surface area (Å²) in [6.45, 7) is 1.88. The standard InChI is InChI=1S/C17H15BrN6O/c1-10(4-2-5-11-9-21-14(19)8-12(11)18)22-17(25)16-23-13-6-3-7-20-15(13)24-16/h3,6-10H,4H2,1H3,(H2,19,21)(H,22,25)(H,20,23,24)/t10-/m0/s1. The summed E-state index contributed by atoms with van der Waals surface area (Å²) >= 11 is 3.39. The van der Waals surface area contributed by atoms with Gasteiger partial charge in [0.05, 0.1) is 11.1 Å². The van der Waals surface area contributed by atoms with Gasteiger partial charge in [0.2, 0.25) is 0 Å². The number of pyridine rings is 2. The minimum Gasteiger partial charge on any atom is -0.384 e. The second-order valence-corrected chi connectivity index (χ2v) is 6.28. The van der Waals surface area contributed by atoms with Gasteiger partial charge in [-0.3, -0.25) is 4.79 Å². The molecule has 0 radical (unpaired) electrons. The number of carbonyl (C=O) groups excluding carboxylic acids is 1. The fraction of sp³-hybridized carbons (Fsp3) is 0.176. The third-order valence-electron chi connectivity index (χ3n) is 3.36. The lowest BCUT2D eigenvalue weighted by Crippen LogP contribution is -2.32. The third-order valence-corrected chi connectivity index (χ3v) is 4.01. The number of amides is 1. The van der Waals surface area contributed by atoms with Gasteiger partial charge in [-0.1, -0.05) is 11.8 Å². The van der Waals surface area contributed by atoms with Crippen LogP contribution in [0.1, 0.15) is 29.5 Å². The zero-order valence-electron chi connectivity index (χ0n) is 13.4. The van der Waals surface area contributed by atoms with Gasteiger partial charge in [0.15, 0.2) is 11.5 Å².